The number of hydrogen-bond acceptors (Lipinski definition) is 3. The highest BCUT2D eigenvalue weighted by molar-refractivity contribution is 7.19. The first-order valence-electron chi connectivity index (χ1n) is 32.7. The summed E-state index contributed by atoms with van der Waals surface area (Å²) in [6, 6.07) is 137. The molecule has 0 fully saturated rings. The van der Waals surface area contributed by atoms with Crippen LogP contribution in [0.25, 0.3) is 147 Å². The van der Waals surface area contributed by atoms with E-state index in [9.17, 15) is 0 Å². The number of thiophene rings is 2. The molecule has 0 amide bonds. The molecule has 0 unspecified atom stereocenters. The fourth-order valence-corrected chi connectivity index (χ4v) is 15.5. The van der Waals surface area contributed by atoms with Gasteiger partial charge >= 0.3 is 0 Å². The van der Waals surface area contributed by atoms with Gasteiger partial charge in [-0.05, 0) is 197 Å². The molecule has 0 saturated carbocycles. The Labute approximate surface area is 568 Å². The molecule has 17 aromatic rings. The van der Waals surface area contributed by atoms with Crippen molar-refractivity contribution in [1.82, 2.24) is 4.57 Å². The molecule has 0 aliphatic carbocycles. The fourth-order valence-electron chi connectivity index (χ4n) is 13.4. The van der Waals surface area contributed by atoms with Crippen molar-refractivity contribution < 1.29 is 0 Å². The summed E-state index contributed by atoms with van der Waals surface area (Å²) in [4.78, 5) is 7.44. The van der Waals surface area contributed by atoms with Gasteiger partial charge in [-0.3, -0.25) is 0 Å². The van der Waals surface area contributed by atoms with E-state index in [-0.39, 0.29) is 0 Å². The number of anilines is 3. The monoisotopic (exact) mass is 1260 g/mol. The third-order valence-electron chi connectivity index (χ3n) is 18.6. The van der Waals surface area contributed by atoms with Crippen molar-refractivity contribution in [2.45, 2.75) is 0 Å². The number of nitrogens with zero attached hydrogens (tertiary/aromatic N) is 2. The van der Waals surface area contributed by atoms with E-state index in [1.54, 1.807) is 0 Å². The summed E-state index contributed by atoms with van der Waals surface area (Å²) in [5.41, 5.74) is 28.2. The van der Waals surface area contributed by atoms with Gasteiger partial charge in [-0.25, -0.2) is 0 Å². The molecule has 96 heavy (non-hydrogen) atoms. The van der Waals surface area contributed by atoms with Crippen LogP contribution in [0.3, 0.4) is 0 Å². The normalized spacial score (nSPS) is 11.3. The summed E-state index contributed by atoms with van der Waals surface area (Å²) in [5.74, 6) is 0. The maximum Gasteiger partial charge on any atom is 0.0541 e. The predicted octanol–water partition coefficient (Wildman–Crippen LogP) is 26.7. The lowest BCUT2D eigenvalue weighted by molar-refractivity contribution is 1.18. The Balaban J connectivity index is 0.686. The lowest BCUT2D eigenvalue weighted by atomic mass is 9.99. The second-order valence-corrected chi connectivity index (χ2v) is 26.6. The maximum atomic E-state index is 2.44. The minimum atomic E-state index is 1.08. The Hall–Kier alpha value is -11.9. The van der Waals surface area contributed by atoms with Crippen LogP contribution < -0.4 is 4.90 Å². The van der Waals surface area contributed by atoms with Crippen LogP contribution in [0.15, 0.2) is 376 Å². The highest BCUT2D eigenvalue weighted by Crippen LogP contribution is 2.43. The lowest BCUT2D eigenvalue weighted by Crippen LogP contribution is -2.09. The van der Waals surface area contributed by atoms with E-state index in [2.05, 4.69) is 386 Å². The molecule has 17 rings (SSSR count). The largest absolute Gasteiger partial charge is 0.311 e. The first kappa shape index (κ1) is 57.9. The number of hydrogen-bond donors (Lipinski definition) is 0. The molecule has 0 N–H and O–H groups in total. The van der Waals surface area contributed by atoms with Gasteiger partial charge in [0.05, 0.1) is 11.0 Å². The molecule has 0 spiro atoms. The van der Waals surface area contributed by atoms with Crippen LogP contribution in [-0.2, 0) is 0 Å². The third kappa shape index (κ3) is 11.6. The molecule has 0 aliphatic rings. The van der Waals surface area contributed by atoms with Gasteiger partial charge in [0.25, 0.3) is 0 Å². The van der Waals surface area contributed by atoms with Crippen molar-refractivity contribution in [3.8, 4) is 125 Å². The summed E-state index contributed by atoms with van der Waals surface area (Å²) in [6.45, 7) is 0. The number of rotatable bonds is 15. The molecule has 0 bridgehead atoms. The minimum Gasteiger partial charge on any atom is -0.311 e. The summed E-state index contributed by atoms with van der Waals surface area (Å²) in [5, 5.41) is 2.43. The number of aromatic nitrogens is 1. The Morgan fingerprint density at radius 3 is 0.677 bits per heavy atom. The van der Waals surface area contributed by atoms with Crippen molar-refractivity contribution in [1.29, 1.82) is 0 Å². The van der Waals surface area contributed by atoms with Crippen LogP contribution in [0.4, 0.5) is 17.1 Å². The van der Waals surface area contributed by atoms with E-state index in [0.717, 1.165) is 44.9 Å². The van der Waals surface area contributed by atoms with Gasteiger partial charge in [-0.2, -0.15) is 0 Å². The van der Waals surface area contributed by atoms with Crippen LogP contribution >= 0.6 is 22.7 Å². The lowest BCUT2D eigenvalue weighted by Gasteiger charge is -2.26. The van der Waals surface area contributed by atoms with Crippen LogP contribution in [0.5, 0.6) is 0 Å². The fraction of sp³-hybridized carbons (Fsp3) is 0. The van der Waals surface area contributed by atoms with E-state index in [1.807, 2.05) is 22.7 Å². The van der Waals surface area contributed by atoms with Gasteiger partial charge in [0.2, 0.25) is 0 Å². The molecule has 14 aromatic carbocycles. The van der Waals surface area contributed by atoms with Gasteiger partial charge < -0.3 is 9.47 Å². The molecular weight excluding hydrogens is 1200 g/mol. The molecule has 2 nitrogen and oxygen atoms in total. The number of fused-ring (bicyclic) bond motifs is 3. The van der Waals surface area contributed by atoms with E-state index in [4.69, 9.17) is 0 Å². The zero-order chi connectivity index (χ0) is 63.7. The van der Waals surface area contributed by atoms with Crippen molar-refractivity contribution in [2.75, 3.05) is 4.90 Å². The molecule has 452 valence electrons. The second-order valence-electron chi connectivity index (χ2n) is 24.4. The maximum absolute atomic E-state index is 2.44. The smallest absolute Gasteiger partial charge is 0.0541 e. The van der Waals surface area contributed by atoms with E-state index >= 15 is 0 Å². The zero-order valence-corrected chi connectivity index (χ0v) is 54.1. The van der Waals surface area contributed by atoms with Gasteiger partial charge in [0.15, 0.2) is 0 Å². The van der Waals surface area contributed by atoms with E-state index in [1.165, 1.54) is 119 Å². The Bertz CT molecular complexity index is 5220. The molecule has 0 atom stereocenters. The van der Waals surface area contributed by atoms with Crippen molar-refractivity contribution >= 4 is 61.5 Å². The van der Waals surface area contributed by atoms with Gasteiger partial charge in [-0.15, -0.1) is 22.7 Å². The van der Waals surface area contributed by atoms with Crippen LogP contribution in [0.1, 0.15) is 0 Å². The van der Waals surface area contributed by atoms with Gasteiger partial charge in [0.1, 0.15) is 0 Å². The van der Waals surface area contributed by atoms with Gasteiger partial charge in [0, 0.05) is 53.0 Å². The summed E-state index contributed by atoms with van der Waals surface area (Å²) in [7, 11) is 0. The second kappa shape index (κ2) is 25.5. The van der Waals surface area contributed by atoms with Gasteiger partial charge in [-0.1, -0.05) is 279 Å². The van der Waals surface area contributed by atoms with Crippen molar-refractivity contribution in [3.05, 3.63) is 376 Å². The molecule has 0 aliphatic heterocycles. The average molecular weight is 1260 g/mol. The van der Waals surface area contributed by atoms with Crippen molar-refractivity contribution in [2.24, 2.45) is 0 Å². The molecule has 0 radical (unpaired) electrons. The average Bonchev–Trinajstić information content (AvgIpc) is 1.58. The predicted molar refractivity (Wildman–Crippen MR) is 411 cm³/mol. The third-order valence-corrected chi connectivity index (χ3v) is 21.0. The van der Waals surface area contributed by atoms with Crippen LogP contribution in [0.2, 0.25) is 0 Å². The number of benzene rings is 14. The zero-order valence-electron chi connectivity index (χ0n) is 52.5. The summed E-state index contributed by atoms with van der Waals surface area (Å²) < 4.78 is 2.44. The molecule has 3 heterocycles. The van der Waals surface area contributed by atoms with Crippen LogP contribution in [0, 0.1) is 0 Å². The Morgan fingerprint density at radius 1 is 0.177 bits per heavy atom. The molecule has 3 aromatic heterocycles. The van der Waals surface area contributed by atoms with E-state index < -0.39 is 0 Å². The topological polar surface area (TPSA) is 8.17 Å². The highest BCUT2D eigenvalue weighted by atomic mass is 32.1. The molecular formula is C92H62N2S2. The standard InChI is InChI=1S/C92H62N2S2/c1-5-13-63(14-6-1)65-21-25-67(26-22-65)69-37-47-81(48-38-69)93(82-49-39-70(40-50-82)68-27-23-66(24-28-68)64-15-7-2-8-16-64)83-51-41-71(42-52-83)72-43-53-84(54-44-72)94-87-55-45-79(73-29-33-77(34-30-73)91-59-57-89(95-91)75-17-9-3-10-18-75)61-85(87)86-62-80(46-56-88(86)94)74-31-35-78(36-32-74)92-60-58-90(96-92)76-19-11-4-12-20-76/h1-62H. The quantitative estimate of drug-likeness (QED) is 0.0993. The van der Waals surface area contributed by atoms with Crippen LogP contribution in [-0.4, -0.2) is 4.57 Å². The Kier molecular flexibility index (Phi) is 15.4. The minimum absolute atomic E-state index is 1.08. The first-order chi connectivity index (χ1) is 47.5. The highest BCUT2D eigenvalue weighted by Gasteiger charge is 2.19. The first-order valence-corrected chi connectivity index (χ1v) is 34.3. The van der Waals surface area contributed by atoms with Crippen molar-refractivity contribution in [3.63, 3.8) is 0 Å². The summed E-state index contributed by atoms with van der Waals surface area (Å²) >= 11 is 3.68. The molecule has 0 saturated heterocycles. The molecule has 4 heteroatoms. The summed E-state index contributed by atoms with van der Waals surface area (Å²) in [6.07, 6.45) is 0. The van der Waals surface area contributed by atoms with E-state index in [0.29, 0.717) is 0 Å². The Morgan fingerprint density at radius 2 is 0.385 bits per heavy atom. The SMILES string of the molecule is c1ccc(-c2ccc(-c3ccc(N(c4ccc(-c5ccc(-c6ccccc6)cc5)cc4)c4ccc(-c5ccc(-n6c7ccc(-c8ccc(-c9ccc(-c%10ccccc%10)s9)cc8)cc7c7cc(-c8ccc(-c9ccc(-c%10ccccc%10)s9)cc8)ccc76)cc5)cc4)cc3)cc2)cc1.